The fourth-order valence-electron chi connectivity index (χ4n) is 1.53. The highest BCUT2D eigenvalue weighted by atomic mass is 32.2. The third-order valence-electron chi connectivity index (χ3n) is 2.36. The van der Waals surface area contributed by atoms with Gasteiger partial charge in [-0.2, -0.15) is 11.8 Å². The summed E-state index contributed by atoms with van der Waals surface area (Å²) >= 11 is 1.88. The molecule has 1 heterocycles. The average molecular weight is 272 g/mol. The number of nitrogens with zero attached hydrogens (tertiary/aromatic N) is 3. The highest BCUT2D eigenvalue weighted by Gasteiger charge is 2.19. The first kappa shape index (κ1) is 15.0. The minimum Gasteiger partial charge on any atom is -0.461 e. The summed E-state index contributed by atoms with van der Waals surface area (Å²) in [7, 11) is 0. The van der Waals surface area contributed by atoms with Crippen LogP contribution >= 0.6 is 11.8 Å². The van der Waals surface area contributed by atoms with E-state index in [0.717, 1.165) is 24.5 Å². The number of ether oxygens (including phenoxy) is 1. The number of thioether (sulfide) groups is 1. The number of nitrogens with two attached hydrogens (primary N) is 1. The van der Waals surface area contributed by atoms with Crippen LogP contribution in [0.15, 0.2) is 0 Å². The molecule has 7 heteroatoms. The Balaban J connectivity index is 2.66. The molecule has 0 aliphatic rings. The summed E-state index contributed by atoms with van der Waals surface area (Å²) < 4.78 is 6.61. The number of carbonyl (C=O) groups is 1. The number of hydrogen-bond acceptors (Lipinski definition) is 6. The molecule has 18 heavy (non-hydrogen) atoms. The molecule has 6 nitrogen and oxygen atoms in total. The molecule has 1 aromatic heterocycles. The maximum atomic E-state index is 11.6. The van der Waals surface area contributed by atoms with Crippen molar-refractivity contribution in [3.05, 3.63) is 11.4 Å². The summed E-state index contributed by atoms with van der Waals surface area (Å²) in [4.78, 5) is 11.6. The molecular formula is C11H20N4O2S. The van der Waals surface area contributed by atoms with Crippen LogP contribution < -0.4 is 5.73 Å². The van der Waals surface area contributed by atoms with Crippen molar-refractivity contribution >= 4 is 17.7 Å². The van der Waals surface area contributed by atoms with Gasteiger partial charge in [0, 0.05) is 13.1 Å². The molecule has 1 aromatic rings. The van der Waals surface area contributed by atoms with Gasteiger partial charge in [-0.05, 0) is 24.9 Å². The smallest absolute Gasteiger partial charge is 0.360 e. The van der Waals surface area contributed by atoms with E-state index in [1.807, 2.05) is 11.8 Å². The van der Waals surface area contributed by atoms with Gasteiger partial charge in [-0.15, -0.1) is 5.10 Å². The van der Waals surface area contributed by atoms with E-state index in [-0.39, 0.29) is 12.2 Å². The maximum Gasteiger partial charge on any atom is 0.360 e. The second kappa shape index (κ2) is 8.10. The Bertz CT molecular complexity index is 381. The molecule has 0 fully saturated rings. The lowest BCUT2D eigenvalue weighted by molar-refractivity contribution is 0.0518. The topological polar surface area (TPSA) is 83.0 Å². The molecule has 0 saturated carbocycles. The number of esters is 1. The van der Waals surface area contributed by atoms with Crippen molar-refractivity contribution in [3.63, 3.8) is 0 Å². The number of rotatable bonds is 8. The van der Waals surface area contributed by atoms with E-state index in [4.69, 9.17) is 10.5 Å². The van der Waals surface area contributed by atoms with Crippen molar-refractivity contribution in [1.29, 1.82) is 0 Å². The SMILES string of the molecule is CCOC(=O)c1nnn(CCCSCC)c1CN. The summed E-state index contributed by atoms with van der Waals surface area (Å²) in [6.45, 7) is 5.17. The van der Waals surface area contributed by atoms with Crippen molar-refractivity contribution < 1.29 is 9.53 Å². The lowest BCUT2D eigenvalue weighted by Gasteiger charge is -2.05. The van der Waals surface area contributed by atoms with Gasteiger partial charge in [0.25, 0.3) is 0 Å². The lowest BCUT2D eigenvalue weighted by atomic mass is 10.3. The van der Waals surface area contributed by atoms with Crippen molar-refractivity contribution in [1.82, 2.24) is 15.0 Å². The maximum absolute atomic E-state index is 11.6. The van der Waals surface area contributed by atoms with E-state index in [1.54, 1.807) is 11.6 Å². The standard InChI is InChI=1S/C11H20N4O2S/c1-3-17-11(16)10-9(8-12)15(14-13-10)6-5-7-18-4-2/h3-8,12H2,1-2H3. The molecular weight excluding hydrogens is 252 g/mol. The minimum atomic E-state index is -0.452. The van der Waals surface area contributed by atoms with Crippen LogP contribution in [-0.2, 0) is 17.8 Å². The number of carbonyl (C=O) groups excluding carboxylic acids is 1. The van der Waals surface area contributed by atoms with Gasteiger partial charge in [-0.25, -0.2) is 9.48 Å². The zero-order valence-electron chi connectivity index (χ0n) is 10.9. The second-order valence-electron chi connectivity index (χ2n) is 3.58. The van der Waals surface area contributed by atoms with Crippen LogP contribution in [0.2, 0.25) is 0 Å². The predicted octanol–water partition coefficient (Wildman–Crippen LogP) is 1.06. The molecule has 0 atom stereocenters. The van der Waals surface area contributed by atoms with Gasteiger partial charge in [0.05, 0.1) is 12.3 Å². The van der Waals surface area contributed by atoms with Crippen molar-refractivity contribution in [3.8, 4) is 0 Å². The third kappa shape index (κ3) is 3.99. The van der Waals surface area contributed by atoms with Crippen LogP contribution in [0.25, 0.3) is 0 Å². The third-order valence-corrected chi connectivity index (χ3v) is 3.35. The van der Waals surface area contributed by atoms with E-state index in [1.165, 1.54) is 0 Å². The fourth-order valence-corrected chi connectivity index (χ4v) is 2.16. The summed E-state index contributed by atoms with van der Waals surface area (Å²) in [5.41, 5.74) is 6.53. The van der Waals surface area contributed by atoms with Crippen molar-refractivity contribution in [2.75, 3.05) is 18.1 Å². The van der Waals surface area contributed by atoms with Crippen LogP contribution in [-0.4, -0.2) is 39.1 Å². The Kier molecular flexibility index (Phi) is 6.74. The van der Waals surface area contributed by atoms with Crippen molar-refractivity contribution in [2.24, 2.45) is 5.73 Å². The van der Waals surface area contributed by atoms with Gasteiger partial charge >= 0.3 is 5.97 Å². The first-order valence-electron chi connectivity index (χ1n) is 6.11. The van der Waals surface area contributed by atoms with E-state index >= 15 is 0 Å². The fraction of sp³-hybridized carbons (Fsp3) is 0.727. The molecule has 0 saturated heterocycles. The van der Waals surface area contributed by atoms with E-state index < -0.39 is 5.97 Å². The molecule has 0 aliphatic carbocycles. The van der Waals surface area contributed by atoms with Crippen LogP contribution in [0.5, 0.6) is 0 Å². The summed E-state index contributed by atoms with van der Waals surface area (Å²) in [5, 5.41) is 7.82. The molecule has 0 aliphatic heterocycles. The zero-order valence-corrected chi connectivity index (χ0v) is 11.7. The van der Waals surface area contributed by atoms with Gasteiger partial charge in [0.15, 0.2) is 5.69 Å². The van der Waals surface area contributed by atoms with E-state index in [0.29, 0.717) is 12.3 Å². The van der Waals surface area contributed by atoms with Crippen LogP contribution in [0.1, 0.15) is 36.5 Å². The highest BCUT2D eigenvalue weighted by Crippen LogP contribution is 2.09. The van der Waals surface area contributed by atoms with Gasteiger partial charge in [0.2, 0.25) is 0 Å². The average Bonchev–Trinajstić information content (AvgIpc) is 2.78. The molecule has 0 radical (unpaired) electrons. The molecule has 0 amide bonds. The largest absolute Gasteiger partial charge is 0.461 e. The second-order valence-corrected chi connectivity index (χ2v) is 4.98. The zero-order chi connectivity index (χ0) is 13.4. The minimum absolute atomic E-state index is 0.238. The molecule has 1 rings (SSSR count). The van der Waals surface area contributed by atoms with Crippen LogP contribution in [0.3, 0.4) is 0 Å². The number of hydrogen-bond donors (Lipinski definition) is 1. The molecule has 2 N–H and O–H groups in total. The highest BCUT2D eigenvalue weighted by molar-refractivity contribution is 7.99. The molecule has 102 valence electrons. The first-order valence-corrected chi connectivity index (χ1v) is 7.27. The van der Waals surface area contributed by atoms with Gasteiger partial charge in [0.1, 0.15) is 0 Å². The quantitative estimate of drug-likeness (QED) is 0.563. The Morgan fingerprint density at radius 3 is 2.89 bits per heavy atom. The van der Waals surface area contributed by atoms with E-state index in [9.17, 15) is 4.79 Å². The first-order chi connectivity index (χ1) is 8.74. The number of aryl methyl sites for hydroxylation is 1. The summed E-state index contributed by atoms with van der Waals surface area (Å²) in [5.74, 6) is 1.72. The van der Waals surface area contributed by atoms with Gasteiger partial charge in [-0.3, -0.25) is 0 Å². The summed E-state index contributed by atoms with van der Waals surface area (Å²) in [6, 6.07) is 0. The Morgan fingerprint density at radius 1 is 1.50 bits per heavy atom. The van der Waals surface area contributed by atoms with Crippen LogP contribution in [0.4, 0.5) is 0 Å². The van der Waals surface area contributed by atoms with Crippen molar-refractivity contribution in [2.45, 2.75) is 33.4 Å². The van der Waals surface area contributed by atoms with Gasteiger partial charge < -0.3 is 10.5 Å². The lowest BCUT2D eigenvalue weighted by Crippen LogP contribution is -2.14. The summed E-state index contributed by atoms with van der Waals surface area (Å²) in [6.07, 6.45) is 0.983. The van der Waals surface area contributed by atoms with Gasteiger partial charge in [-0.1, -0.05) is 12.1 Å². The van der Waals surface area contributed by atoms with Crippen LogP contribution in [0, 0.1) is 0 Å². The Morgan fingerprint density at radius 2 is 2.28 bits per heavy atom. The Hall–Kier alpha value is -1.08. The predicted molar refractivity (Wildman–Crippen MR) is 71.5 cm³/mol. The number of aromatic nitrogens is 3. The van der Waals surface area contributed by atoms with E-state index in [2.05, 4.69) is 17.2 Å². The molecule has 0 aromatic carbocycles. The molecule has 0 bridgehead atoms. The normalized spacial score (nSPS) is 10.6. The molecule has 0 spiro atoms. The monoisotopic (exact) mass is 272 g/mol. The molecule has 0 unspecified atom stereocenters. The Labute approximate surface area is 111 Å².